The molecule has 5 rings (SSSR count). The number of nitrogens with one attached hydrogen (secondary N) is 2. The monoisotopic (exact) mass is 538 g/mol. The minimum atomic E-state index is -4.14. The van der Waals surface area contributed by atoms with Gasteiger partial charge in [-0.2, -0.15) is 13.5 Å². The minimum absolute atomic E-state index is 0.00377. The van der Waals surface area contributed by atoms with Crippen LogP contribution in [0.15, 0.2) is 47.8 Å². The van der Waals surface area contributed by atoms with Crippen LogP contribution in [0.5, 0.6) is 5.88 Å². The van der Waals surface area contributed by atoms with Crippen LogP contribution in [0.4, 0.5) is 10.5 Å². The Morgan fingerprint density at radius 2 is 1.92 bits per heavy atom. The number of likely N-dealkylation sites (tertiary alicyclic amines) is 1. The summed E-state index contributed by atoms with van der Waals surface area (Å²) in [7, 11) is -2.03. The third kappa shape index (κ3) is 5.68. The molecular weight excluding hydrogens is 504 g/mol. The van der Waals surface area contributed by atoms with Crippen molar-refractivity contribution in [3.8, 4) is 17.0 Å². The van der Waals surface area contributed by atoms with Crippen LogP contribution in [0.2, 0.25) is 0 Å². The maximum atomic E-state index is 13.0. The molecule has 38 heavy (non-hydrogen) atoms. The number of urea groups is 1. The zero-order valence-electron chi connectivity index (χ0n) is 22.0. The van der Waals surface area contributed by atoms with E-state index in [1.54, 1.807) is 12.4 Å². The number of benzene rings is 1. The van der Waals surface area contributed by atoms with Crippen LogP contribution in [0, 0.1) is 0 Å². The smallest absolute Gasteiger partial charge is 0.333 e. The molecule has 0 saturated carbocycles. The van der Waals surface area contributed by atoms with Gasteiger partial charge in [-0.25, -0.2) is 14.5 Å². The molecule has 1 fully saturated rings. The van der Waals surface area contributed by atoms with Crippen molar-refractivity contribution in [2.24, 2.45) is 0 Å². The average molecular weight is 539 g/mol. The number of sulfonamides is 1. The highest BCUT2D eigenvalue weighted by atomic mass is 32.2. The number of carbonyl (C=O) groups excluding carboxylic acids is 1. The van der Waals surface area contributed by atoms with Gasteiger partial charge in [0.05, 0.1) is 5.69 Å². The molecular formula is C27H34N6O4S. The Kier molecular flexibility index (Phi) is 7.40. The number of anilines is 1. The van der Waals surface area contributed by atoms with E-state index in [-0.39, 0.29) is 17.2 Å². The summed E-state index contributed by atoms with van der Waals surface area (Å²) in [6.45, 7) is 5.76. The first-order valence-corrected chi connectivity index (χ1v) is 14.5. The predicted octanol–water partition coefficient (Wildman–Crippen LogP) is 4.00. The van der Waals surface area contributed by atoms with E-state index in [1.165, 1.54) is 10.7 Å². The third-order valence-electron chi connectivity index (χ3n) is 7.14. The lowest BCUT2D eigenvalue weighted by molar-refractivity contribution is 0.110. The van der Waals surface area contributed by atoms with E-state index in [2.05, 4.69) is 38.1 Å². The Morgan fingerprint density at radius 3 is 2.66 bits per heavy atom. The molecule has 1 aliphatic heterocycles. The van der Waals surface area contributed by atoms with E-state index in [0.29, 0.717) is 11.6 Å². The van der Waals surface area contributed by atoms with Gasteiger partial charge in [-0.05, 0) is 81.8 Å². The van der Waals surface area contributed by atoms with Crippen molar-refractivity contribution in [2.45, 2.75) is 63.1 Å². The fourth-order valence-corrected chi connectivity index (χ4v) is 5.87. The summed E-state index contributed by atoms with van der Waals surface area (Å²) in [5.74, 6) is 0.538. The van der Waals surface area contributed by atoms with E-state index in [1.807, 2.05) is 32.0 Å². The first kappa shape index (κ1) is 26.2. The molecule has 0 atom stereocenters. The van der Waals surface area contributed by atoms with Crippen LogP contribution >= 0.6 is 0 Å². The van der Waals surface area contributed by atoms with Crippen LogP contribution in [-0.2, 0) is 22.9 Å². The summed E-state index contributed by atoms with van der Waals surface area (Å²) in [4.78, 5) is 19.7. The van der Waals surface area contributed by atoms with Gasteiger partial charge in [-0.3, -0.25) is 4.68 Å². The van der Waals surface area contributed by atoms with Gasteiger partial charge in [0.2, 0.25) is 5.88 Å². The number of pyridine rings is 1. The Hall–Kier alpha value is -3.44. The number of fused-ring (bicyclic) bond motifs is 1. The number of amides is 2. The number of ether oxygens (including phenoxy) is 1. The van der Waals surface area contributed by atoms with E-state index in [4.69, 9.17) is 4.74 Å². The summed E-state index contributed by atoms with van der Waals surface area (Å²) < 4.78 is 35.5. The van der Waals surface area contributed by atoms with Crippen molar-refractivity contribution < 1.29 is 17.9 Å². The summed E-state index contributed by atoms with van der Waals surface area (Å²) >= 11 is 0. The highest BCUT2D eigenvalue weighted by Crippen LogP contribution is 2.38. The Bertz CT molecular complexity index is 1430. The number of rotatable bonds is 7. The molecule has 2 aliphatic rings. The van der Waals surface area contributed by atoms with Crippen molar-refractivity contribution in [2.75, 3.05) is 25.5 Å². The van der Waals surface area contributed by atoms with Crippen LogP contribution < -0.4 is 14.8 Å². The third-order valence-corrected chi connectivity index (χ3v) is 8.36. The number of piperidine rings is 1. The number of nitrogens with zero attached hydrogens (tertiary/aromatic N) is 4. The van der Waals surface area contributed by atoms with Crippen molar-refractivity contribution in [1.29, 1.82) is 0 Å². The number of aromatic nitrogens is 3. The summed E-state index contributed by atoms with van der Waals surface area (Å²) in [6, 6.07) is 8.34. The molecule has 2 N–H and O–H groups in total. The molecule has 0 unspecified atom stereocenters. The first-order chi connectivity index (χ1) is 18.2. The summed E-state index contributed by atoms with van der Waals surface area (Å²) in [6.07, 6.45) is 7.96. The molecule has 1 aliphatic carbocycles. The molecule has 0 bridgehead atoms. The van der Waals surface area contributed by atoms with E-state index >= 15 is 0 Å². The highest BCUT2D eigenvalue weighted by Gasteiger charge is 2.25. The van der Waals surface area contributed by atoms with Gasteiger partial charge < -0.3 is 15.0 Å². The lowest BCUT2D eigenvalue weighted by Crippen LogP contribution is -2.35. The lowest BCUT2D eigenvalue weighted by Gasteiger charge is -2.29. The van der Waals surface area contributed by atoms with Gasteiger partial charge in [0.25, 0.3) is 10.0 Å². The Morgan fingerprint density at radius 1 is 1.13 bits per heavy atom. The molecule has 202 valence electrons. The largest absolute Gasteiger partial charge is 0.474 e. The first-order valence-electron chi connectivity index (χ1n) is 13.0. The SMILES string of the molecule is CC(C)n1ccc(S(=O)(=O)NC(=O)Nc2c(-c3ccnc(OC4CCN(C)CC4)c3)ccc3c2CCC3)n1. The molecule has 0 radical (unpaired) electrons. The summed E-state index contributed by atoms with van der Waals surface area (Å²) in [5.41, 5.74) is 4.41. The number of hydrogen-bond acceptors (Lipinski definition) is 7. The zero-order valence-corrected chi connectivity index (χ0v) is 22.8. The number of aryl methyl sites for hydroxylation is 1. The molecule has 2 aromatic heterocycles. The maximum absolute atomic E-state index is 13.0. The van der Waals surface area contributed by atoms with Crippen LogP contribution in [0.25, 0.3) is 11.1 Å². The molecule has 2 amide bonds. The van der Waals surface area contributed by atoms with Gasteiger partial charge >= 0.3 is 6.03 Å². The van der Waals surface area contributed by atoms with Crippen LogP contribution in [0.1, 0.15) is 50.3 Å². The van der Waals surface area contributed by atoms with Crippen molar-refractivity contribution >= 4 is 21.7 Å². The number of carbonyl (C=O) groups is 1. The van der Waals surface area contributed by atoms with E-state index < -0.39 is 16.1 Å². The van der Waals surface area contributed by atoms with Gasteiger partial charge in [-0.15, -0.1) is 0 Å². The Balaban J connectivity index is 1.39. The lowest BCUT2D eigenvalue weighted by atomic mass is 9.98. The number of hydrogen-bond donors (Lipinski definition) is 2. The fourth-order valence-electron chi connectivity index (χ4n) is 5.03. The van der Waals surface area contributed by atoms with Crippen molar-refractivity contribution in [3.63, 3.8) is 0 Å². The molecule has 1 aromatic carbocycles. The predicted molar refractivity (Wildman–Crippen MR) is 145 cm³/mol. The van der Waals surface area contributed by atoms with Crippen LogP contribution in [0.3, 0.4) is 0 Å². The van der Waals surface area contributed by atoms with Gasteiger partial charge in [0, 0.05) is 43.2 Å². The molecule has 3 heterocycles. The van der Waals surface area contributed by atoms with Crippen molar-refractivity contribution in [1.82, 2.24) is 24.4 Å². The van der Waals surface area contributed by atoms with E-state index in [0.717, 1.165) is 67.4 Å². The quantitative estimate of drug-likeness (QED) is 0.467. The normalized spacial score (nSPS) is 16.4. The van der Waals surface area contributed by atoms with Gasteiger partial charge in [0.15, 0.2) is 5.03 Å². The topological polar surface area (TPSA) is 118 Å². The molecule has 3 aromatic rings. The minimum Gasteiger partial charge on any atom is -0.474 e. The molecule has 0 spiro atoms. The standard InChI is InChI=1S/C27H34N6O4S/c1-18(2)33-16-12-25(30-33)38(35,36)31-27(34)29-26-22-6-4-5-19(22)7-8-23(26)20-9-13-28-24(17-20)37-21-10-14-32(3)15-11-21/h7-9,12-13,16-18,21H,4-6,10-11,14-15H2,1-3H3,(H2,29,31,34). The van der Waals surface area contributed by atoms with E-state index in [9.17, 15) is 13.2 Å². The van der Waals surface area contributed by atoms with Gasteiger partial charge in [0.1, 0.15) is 6.10 Å². The molecule has 11 heteroatoms. The summed E-state index contributed by atoms with van der Waals surface area (Å²) in [5, 5.41) is 6.72. The van der Waals surface area contributed by atoms with Crippen LogP contribution in [-0.4, -0.2) is 60.4 Å². The fraction of sp³-hybridized carbons (Fsp3) is 0.444. The zero-order chi connectivity index (χ0) is 26.9. The maximum Gasteiger partial charge on any atom is 0.333 e. The van der Waals surface area contributed by atoms with Gasteiger partial charge in [-0.1, -0.05) is 12.1 Å². The Labute approximate surface area is 223 Å². The second kappa shape index (κ2) is 10.7. The second-order valence-electron chi connectivity index (χ2n) is 10.3. The van der Waals surface area contributed by atoms with Crippen molar-refractivity contribution in [3.05, 3.63) is 53.9 Å². The molecule has 10 nitrogen and oxygen atoms in total. The average Bonchev–Trinajstić information content (AvgIpc) is 3.56. The second-order valence-corrected chi connectivity index (χ2v) is 11.9. The molecule has 1 saturated heterocycles. The highest BCUT2D eigenvalue weighted by molar-refractivity contribution is 7.90.